The Hall–Kier alpha value is -1.43. The van der Waals surface area contributed by atoms with E-state index in [0.717, 1.165) is 5.56 Å². The smallest absolute Gasteiger partial charge is 0.207 e. The summed E-state index contributed by atoms with van der Waals surface area (Å²) < 4.78 is 40.5. The Morgan fingerprint density at radius 3 is 2.33 bits per heavy atom. The van der Waals surface area contributed by atoms with E-state index >= 15 is 0 Å². The van der Waals surface area contributed by atoms with Crippen LogP contribution in [0.1, 0.15) is 16.7 Å². The molecule has 0 unspecified atom stereocenters. The first-order valence-electron chi connectivity index (χ1n) is 6.30. The molecule has 0 saturated carbocycles. The Morgan fingerprint density at radius 1 is 1.14 bits per heavy atom. The summed E-state index contributed by atoms with van der Waals surface area (Å²) in [6.45, 7) is 3.27. The lowest BCUT2D eigenvalue weighted by atomic mass is 10.1. The molecular formula is C15H15ClFNO2S. The van der Waals surface area contributed by atoms with Gasteiger partial charge in [0.25, 0.3) is 0 Å². The molecule has 21 heavy (non-hydrogen) atoms. The van der Waals surface area contributed by atoms with Crippen LogP contribution in [0.5, 0.6) is 0 Å². The summed E-state index contributed by atoms with van der Waals surface area (Å²) in [6, 6.07) is 9.35. The zero-order valence-electron chi connectivity index (χ0n) is 11.7. The Labute approximate surface area is 128 Å². The van der Waals surface area contributed by atoms with Crippen LogP contribution in [0.2, 0.25) is 5.02 Å². The van der Waals surface area contributed by atoms with Crippen molar-refractivity contribution in [1.82, 2.24) is 4.72 Å². The average Bonchev–Trinajstić information content (AvgIpc) is 2.35. The molecule has 0 aliphatic carbocycles. The molecule has 6 heteroatoms. The first kappa shape index (κ1) is 15.9. The number of hydrogen-bond acceptors (Lipinski definition) is 2. The normalized spacial score (nSPS) is 11.6. The van der Waals surface area contributed by atoms with Crippen molar-refractivity contribution in [2.24, 2.45) is 0 Å². The van der Waals surface area contributed by atoms with Gasteiger partial charge in [0.15, 0.2) is 0 Å². The van der Waals surface area contributed by atoms with Gasteiger partial charge in [0.05, 0.1) is 4.90 Å². The van der Waals surface area contributed by atoms with Crippen LogP contribution < -0.4 is 4.72 Å². The molecular weight excluding hydrogens is 313 g/mol. The molecule has 0 spiro atoms. The van der Waals surface area contributed by atoms with Crippen LogP contribution in [0.3, 0.4) is 0 Å². The Morgan fingerprint density at radius 2 is 1.76 bits per heavy atom. The fourth-order valence-electron chi connectivity index (χ4n) is 2.22. The van der Waals surface area contributed by atoms with Crippen LogP contribution in [-0.4, -0.2) is 8.42 Å². The van der Waals surface area contributed by atoms with E-state index in [1.54, 1.807) is 38.1 Å². The topological polar surface area (TPSA) is 46.2 Å². The molecule has 0 heterocycles. The Balaban J connectivity index is 2.27. The van der Waals surface area contributed by atoms with Gasteiger partial charge in [-0.1, -0.05) is 23.7 Å². The number of rotatable bonds is 4. The first-order valence-corrected chi connectivity index (χ1v) is 8.16. The van der Waals surface area contributed by atoms with Gasteiger partial charge in [-0.05, 0) is 54.8 Å². The SMILES string of the molecule is Cc1cc(F)cc(C)c1S(=O)(=O)NCc1cccc(Cl)c1. The molecule has 2 rings (SSSR count). The van der Waals surface area contributed by atoms with Crippen molar-refractivity contribution in [3.05, 3.63) is 63.9 Å². The van der Waals surface area contributed by atoms with E-state index in [0.29, 0.717) is 16.1 Å². The van der Waals surface area contributed by atoms with E-state index < -0.39 is 15.8 Å². The zero-order valence-corrected chi connectivity index (χ0v) is 13.2. The van der Waals surface area contributed by atoms with Crippen molar-refractivity contribution in [1.29, 1.82) is 0 Å². The van der Waals surface area contributed by atoms with Crippen molar-refractivity contribution in [2.75, 3.05) is 0 Å². The van der Waals surface area contributed by atoms with Crippen molar-refractivity contribution in [2.45, 2.75) is 25.3 Å². The van der Waals surface area contributed by atoms with Crippen LogP contribution >= 0.6 is 11.6 Å². The highest BCUT2D eigenvalue weighted by molar-refractivity contribution is 7.89. The minimum atomic E-state index is -3.71. The van der Waals surface area contributed by atoms with Gasteiger partial charge in [-0.3, -0.25) is 0 Å². The molecule has 2 aromatic carbocycles. The molecule has 2 aromatic rings. The molecule has 0 amide bonds. The van der Waals surface area contributed by atoms with Gasteiger partial charge in [0.2, 0.25) is 10.0 Å². The molecule has 0 fully saturated rings. The molecule has 0 radical (unpaired) electrons. The number of sulfonamides is 1. The second-order valence-electron chi connectivity index (χ2n) is 4.82. The fraction of sp³-hybridized carbons (Fsp3) is 0.200. The summed E-state index contributed by atoms with van der Waals surface area (Å²) >= 11 is 5.86. The molecule has 3 nitrogen and oxygen atoms in total. The van der Waals surface area contributed by atoms with E-state index in [1.165, 1.54) is 12.1 Å². The summed E-state index contributed by atoms with van der Waals surface area (Å²) in [6.07, 6.45) is 0. The highest BCUT2D eigenvalue weighted by Gasteiger charge is 2.20. The zero-order chi connectivity index (χ0) is 15.6. The van der Waals surface area contributed by atoms with Gasteiger partial charge >= 0.3 is 0 Å². The lowest BCUT2D eigenvalue weighted by Crippen LogP contribution is -2.25. The van der Waals surface area contributed by atoms with Gasteiger partial charge in [-0.15, -0.1) is 0 Å². The Kier molecular flexibility index (Phi) is 4.66. The lowest BCUT2D eigenvalue weighted by molar-refractivity contribution is 0.578. The van der Waals surface area contributed by atoms with Gasteiger partial charge in [0.1, 0.15) is 5.82 Å². The van der Waals surface area contributed by atoms with Crippen LogP contribution in [0.25, 0.3) is 0 Å². The third-order valence-electron chi connectivity index (χ3n) is 3.05. The van der Waals surface area contributed by atoms with Crippen molar-refractivity contribution < 1.29 is 12.8 Å². The van der Waals surface area contributed by atoms with Gasteiger partial charge in [-0.25, -0.2) is 17.5 Å². The van der Waals surface area contributed by atoms with Crippen LogP contribution in [0, 0.1) is 19.7 Å². The number of benzene rings is 2. The number of hydrogen-bond donors (Lipinski definition) is 1. The summed E-state index contributed by atoms with van der Waals surface area (Å²) in [5.74, 6) is -0.446. The minimum absolute atomic E-state index is 0.117. The largest absolute Gasteiger partial charge is 0.241 e. The number of nitrogens with one attached hydrogen (secondary N) is 1. The van der Waals surface area contributed by atoms with E-state index in [4.69, 9.17) is 11.6 Å². The lowest BCUT2D eigenvalue weighted by Gasteiger charge is -2.12. The third-order valence-corrected chi connectivity index (χ3v) is 4.99. The molecule has 1 N–H and O–H groups in total. The van der Waals surface area contributed by atoms with Crippen molar-refractivity contribution in [3.8, 4) is 0 Å². The number of aryl methyl sites for hydroxylation is 2. The monoisotopic (exact) mass is 327 g/mol. The summed E-state index contributed by atoms with van der Waals surface area (Å²) in [5, 5.41) is 0.542. The van der Waals surface area contributed by atoms with Crippen LogP contribution in [-0.2, 0) is 16.6 Å². The maximum absolute atomic E-state index is 13.3. The number of halogens is 2. The summed E-state index contributed by atoms with van der Waals surface area (Å²) in [7, 11) is -3.71. The molecule has 0 saturated heterocycles. The van der Waals surface area contributed by atoms with Gasteiger partial charge < -0.3 is 0 Å². The van der Waals surface area contributed by atoms with Crippen LogP contribution in [0.4, 0.5) is 4.39 Å². The van der Waals surface area contributed by atoms with Crippen molar-refractivity contribution >= 4 is 21.6 Å². The summed E-state index contributed by atoms with van der Waals surface area (Å²) in [4.78, 5) is 0.117. The highest BCUT2D eigenvalue weighted by atomic mass is 35.5. The Bertz CT molecular complexity index is 752. The quantitative estimate of drug-likeness (QED) is 0.933. The second kappa shape index (κ2) is 6.13. The second-order valence-corrected chi connectivity index (χ2v) is 6.96. The minimum Gasteiger partial charge on any atom is -0.207 e. The van der Waals surface area contributed by atoms with E-state index in [-0.39, 0.29) is 11.4 Å². The highest BCUT2D eigenvalue weighted by Crippen LogP contribution is 2.21. The molecule has 112 valence electrons. The fourth-order valence-corrected chi connectivity index (χ4v) is 3.90. The van der Waals surface area contributed by atoms with E-state index in [2.05, 4.69) is 4.72 Å². The standard InChI is InChI=1S/C15H15ClFNO2S/c1-10-6-14(17)7-11(2)15(10)21(19,20)18-9-12-4-3-5-13(16)8-12/h3-8,18H,9H2,1-2H3. The molecule has 0 aromatic heterocycles. The summed E-state index contributed by atoms with van der Waals surface area (Å²) in [5.41, 5.74) is 1.51. The maximum Gasteiger partial charge on any atom is 0.241 e. The third kappa shape index (κ3) is 3.81. The van der Waals surface area contributed by atoms with E-state index in [1.807, 2.05) is 0 Å². The molecule has 0 aliphatic heterocycles. The van der Waals surface area contributed by atoms with E-state index in [9.17, 15) is 12.8 Å². The predicted molar refractivity (Wildman–Crippen MR) is 81.4 cm³/mol. The molecule has 0 bridgehead atoms. The first-order chi connectivity index (χ1) is 9.79. The maximum atomic E-state index is 13.3. The molecule has 0 aliphatic rings. The van der Waals surface area contributed by atoms with Gasteiger partial charge in [-0.2, -0.15) is 0 Å². The van der Waals surface area contributed by atoms with Crippen molar-refractivity contribution in [3.63, 3.8) is 0 Å². The predicted octanol–water partition coefficient (Wildman–Crippen LogP) is 3.57. The van der Waals surface area contributed by atoms with Gasteiger partial charge in [0, 0.05) is 11.6 Å². The van der Waals surface area contributed by atoms with Crippen LogP contribution in [0.15, 0.2) is 41.3 Å². The average molecular weight is 328 g/mol. The molecule has 0 atom stereocenters.